The molecule has 0 spiro atoms. The van der Waals surface area contributed by atoms with Gasteiger partial charge in [-0.15, -0.1) is 0 Å². The van der Waals surface area contributed by atoms with Gasteiger partial charge in [-0.2, -0.15) is 0 Å². The van der Waals surface area contributed by atoms with Crippen molar-refractivity contribution in [1.29, 1.82) is 0 Å². The quantitative estimate of drug-likeness (QED) is 0.702. The first-order valence-corrected chi connectivity index (χ1v) is 8.85. The molecule has 1 fully saturated rings. The van der Waals surface area contributed by atoms with Gasteiger partial charge in [-0.25, -0.2) is 4.79 Å². The van der Waals surface area contributed by atoms with Gasteiger partial charge in [-0.05, 0) is 6.42 Å². The van der Waals surface area contributed by atoms with E-state index in [2.05, 4.69) is 5.32 Å². The Bertz CT molecular complexity index is 789. The molecule has 0 atom stereocenters. The van der Waals surface area contributed by atoms with Gasteiger partial charge in [0.15, 0.2) is 18.1 Å². The lowest BCUT2D eigenvalue weighted by molar-refractivity contribution is -0.143. The van der Waals surface area contributed by atoms with Crippen LogP contribution in [-0.4, -0.2) is 56.0 Å². The second-order valence-corrected chi connectivity index (χ2v) is 6.52. The smallest absolute Gasteiger partial charge is 0.340 e. The van der Waals surface area contributed by atoms with E-state index < -0.39 is 18.5 Å². The Labute approximate surface area is 162 Å². The molecule has 1 aromatic rings. The number of hydrogen-bond donors (Lipinski definition) is 1. The number of rotatable bonds is 7. The van der Waals surface area contributed by atoms with Crippen LogP contribution in [0.15, 0.2) is 12.1 Å². The average Bonchev–Trinajstić information content (AvgIpc) is 3.11. The fourth-order valence-corrected chi connectivity index (χ4v) is 2.62. The van der Waals surface area contributed by atoms with E-state index in [-0.39, 0.29) is 34.7 Å². The summed E-state index contributed by atoms with van der Waals surface area (Å²) in [6, 6.07) is 2.81. The minimum absolute atomic E-state index is 0.00667. The highest BCUT2D eigenvalue weighted by Gasteiger charge is 2.28. The number of ether oxygens (including phenoxy) is 3. The van der Waals surface area contributed by atoms with Crippen LogP contribution in [0.4, 0.5) is 5.69 Å². The molecule has 0 saturated carbocycles. The van der Waals surface area contributed by atoms with Crippen molar-refractivity contribution >= 4 is 29.4 Å². The lowest BCUT2D eigenvalue weighted by Crippen LogP contribution is -2.35. The summed E-state index contributed by atoms with van der Waals surface area (Å²) in [5.74, 6) is -1.74. The maximum Gasteiger partial charge on any atom is 0.340 e. The van der Waals surface area contributed by atoms with Crippen LogP contribution in [0.5, 0.6) is 11.5 Å². The number of likely N-dealkylation sites (tertiary alicyclic amines) is 1. The fraction of sp³-hybridized carbons (Fsp3) is 0.474. The molecule has 1 saturated heterocycles. The van der Waals surface area contributed by atoms with Crippen LogP contribution in [0.25, 0.3) is 0 Å². The van der Waals surface area contributed by atoms with Gasteiger partial charge in [-0.3, -0.25) is 19.3 Å². The predicted molar refractivity (Wildman–Crippen MR) is 99.3 cm³/mol. The van der Waals surface area contributed by atoms with Crippen molar-refractivity contribution in [1.82, 2.24) is 4.90 Å². The topological polar surface area (TPSA) is 111 Å². The normalized spacial score (nSPS) is 13.5. The van der Waals surface area contributed by atoms with E-state index in [4.69, 9.17) is 14.2 Å². The molecule has 9 nitrogen and oxygen atoms in total. The molecule has 0 bridgehead atoms. The molecular weight excluding hydrogens is 368 g/mol. The highest BCUT2D eigenvalue weighted by Crippen LogP contribution is 2.34. The van der Waals surface area contributed by atoms with E-state index in [1.807, 2.05) is 0 Å². The summed E-state index contributed by atoms with van der Waals surface area (Å²) in [4.78, 5) is 49.4. The van der Waals surface area contributed by atoms with Crippen LogP contribution in [0, 0.1) is 5.92 Å². The number of nitrogens with one attached hydrogen (secondary N) is 1. The number of carbonyl (C=O) groups is 4. The SMILES string of the molecule is COc1cc(NC(=O)C(C)C)c(C(=O)OCC(=O)N2CCCC2=O)cc1OC. The Morgan fingerprint density at radius 3 is 2.32 bits per heavy atom. The third-order valence-corrected chi connectivity index (χ3v) is 4.23. The van der Waals surface area contributed by atoms with Gasteiger partial charge in [0.2, 0.25) is 11.8 Å². The summed E-state index contributed by atoms with van der Waals surface area (Å²) >= 11 is 0. The molecular formula is C19H24N2O7. The van der Waals surface area contributed by atoms with Crippen molar-refractivity contribution in [2.24, 2.45) is 5.92 Å². The van der Waals surface area contributed by atoms with E-state index in [1.165, 1.54) is 26.4 Å². The van der Waals surface area contributed by atoms with Crippen molar-refractivity contribution in [3.05, 3.63) is 17.7 Å². The van der Waals surface area contributed by atoms with Gasteiger partial charge in [0.25, 0.3) is 5.91 Å². The Balaban J connectivity index is 2.22. The number of anilines is 1. The van der Waals surface area contributed by atoms with Crippen molar-refractivity contribution in [2.75, 3.05) is 32.7 Å². The van der Waals surface area contributed by atoms with Gasteiger partial charge >= 0.3 is 5.97 Å². The minimum Gasteiger partial charge on any atom is -0.493 e. The molecule has 0 aromatic heterocycles. The van der Waals surface area contributed by atoms with Gasteiger partial charge < -0.3 is 19.5 Å². The molecule has 1 aromatic carbocycles. The fourth-order valence-electron chi connectivity index (χ4n) is 2.62. The zero-order valence-electron chi connectivity index (χ0n) is 16.4. The van der Waals surface area contributed by atoms with Crippen LogP contribution in [0.3, 0.4) is 0 Å². The van der Waals surface area contributed by atoms with Crippen LogP contribution in [0.1, 0.15) is 37.0 Å². The van der Waals surface area contributed by atoms with Crippen LogP contribution in [-0.2, 0) is 19.1 Å². The van der Waals surface area contributed by atoms with E-state index in [9.17, 15) is 19.2 Å². The van der Waals surface area contributed by atoms with Gasteiger partial charge in [0.05, 0.1) is 25.5 Å². The molecule has 28 heavy (non-hydrogen) atoms. The van der Waals surface area contributed by atoms with Gasteiger partial charge in [-0.1, -0.05) is 13.8 Å². The first kappa shape index (κ1) is 21.2. The predicted octanol–water partition coefficient (Wildman–Crippen LogP) is 1.60. The minimum atomic E-state index is -0.833. The molecule has 3 amide bonds. The molecule has 1 heterocycles. The second-order valence-electron chi connectivity index (χ2n) is 6.52. The third kappa shape index (κ3) is 4.79. The highest BCUT2D eigenvalue weighted by molar-refractivity contribution is 6.04. The number of carbonyl (C=O) groups excluding carboxylic acids is 4. The van der Waals surface area contributed by atoms with Crippen molar-refractivity contribution in [2.45, 2.75) is 26.7 Å². The Morgan fingerprint density at radius 1 is 1.14 bits per heavy atom. The Kier molecular flexibility index (Phi) is 6.97. The van der Waals surface area contributed by atoms with E-state index in [1.54, 1.807) is 13.8 Å². The number of amides is 3. The first-order valence-electron chi connectivity index (χ1n) is 8.85. The number of methoxy groups -OCH3 is 2. The van der Waals surface area contributed by atoms with Crippen LogP contribution in [0.2, 0.25) is 0 Å². The number of hydrogen-bond acceptors (Lipinski definition) is 7. The van der Waals surface area contributed by atoms with Gasteiger partial charge in [0, 0.05) is 31.0 Å². The standard InChI is InChI=1S/C19H24N2O7/c1-11(2)18(24)20-13-9-15(27-4)14(26-3)8-12(13)19(25)28-10-17(23)21-7-5-6-16(21)22/h8-9,11H,5-7,10H2,1-4H3,(H,20,24). The van der Waals surface area contributed by atoms with Crippen molar-refractivity contribution in [3.8, 4) is 11.5 Å². The first-order chi connectivity index (χ1) is 13.3. The molecule has 152 valence electrons. The molecule has 0 unspecified atom stereocenters. The van der Waals surface area contributed by atoms with E-state index in [0.717, 1.165) is 4.90 Å². The molecule has 1 aliphatic rings. The second kappa shape index (κ2) is 9.20. The summed E-state index contributed by atoms with van der Waals surface area (Å²) in [5, 5.41) is 2.64. The molecule has 0 aliphatic carbocycles. The van der Waals surface area contributed by atoms with E-state index >= 15 is 0 Å². The number of imide groups is 1. The monoisotopic (exact) mass is 392 g/mol. The largest absolute Gasteiger partial charge is 0.493 e. The number of benzene rings is 1. The van der Waals surface area contributed by atoms with Crippen molar-refractivity contribution < 1.29 is 33.4 Å². The van der Waals surface area contributed by atoms with Crippen LogP contribution >= 0.6 is 0 Å². The van der Waals surface area contributed by atoms with Crippen molar-refractivity contribution in [3.63, 3.8) is 0 Å². The maximum atomic E-state index is 12.6. The molecule has 1 aliphatic heterocycles. The zero-order valence-corrected chi connectivity index (χ0v) is 16.4. The lowest BCUT2D eigenvalue weighted by Gasteiger charge is -2.17. The Hall–Kier alpha value is -3.10. The summed E-state index contributed by atoms with van der Waals surface area (Å²) < 4.78 is 15.5. The molecule has 0 radical (unpaired) electrons. The average molecular weight is 392 g/mol. The summed E-state index contributed by atoms with van der Waals surface area (Å²) in [7, 11) is 2.83. The van der Waals surface area contributed by atoms with Gasteiger partial charge in [0.1, 0.15) is 0 Å². The summed E-state index contributed by atoms with van der Waals surface area (Å²) in [6.07, 6.45) is 0.903. The number of nitrogens with zero attached hydrogens (tertiary/aromatic N) is 1. The molecule has 9 heteroatoms. The lowest BCUT2D eigenvalue weighted by atomic mass is 10.1. The molecule has 1 N–H and O–H groups in total. The summed E-state index contributed by atoms with van der Waals surface area (Å²) in [5.41, 5.74) is 0.179. The summed E-state index contributed by atoms with van der Waals surface area (Å²) in [6.45, 7) is 3.16. The Morgan fingerprint density at radius 2 is 1.79 bits per heavy atom. The third-order valence-electron chi connectivity index (χ3n) is 4.23. The van der Waals surface area contributed by atoms with E-state index in [0.29, 0.717) is 25.1 Å². The zero-order chi connectivity index (χ0) is 20.8. The number of esters is 1. The maximum absolute atomic E-state index is 12.6. The molecule has 2 rings (SSSR count). The van der Waals surface area contributed by atoms with Crippen LogP contribution < -0.4 is 14.8 Å². The highest BCUT2D eigenvalue weighted by atomic mass is 16.5.